The first-order valence-corrected chi connectivity index (χ1v) is 8.21. The van der Waals surface area contributed by atoms with Crippen molar-refractivity contribution in [2.75, 3.05) is 0 Å². The second-order valence-corrected chi connectivity index (χ2v) is 6.35. The van der Waals surface area contributed by atoms with Crippen molar-refractivity contribution < 1.29 is 27.1 Å². The number of rotatable bonds is 3. The molecule has 1 atom stereocenters. The molecule has 0 saturated heterocycles. The Morgan fingerprint density at radius 1 is 1.15 bits per heavy atom. The van der Waals surface area contributed by atoms with E-state index in [2.05, 4.69) is 0 Å². The van der Waals surface area contributed by atoms with Crippen molar-refractivity contribution in [3.8, 4) is 16.9 Å². The highest BCUT2D eigenvalue weighted by Gasteiger charge is 2.39. The summed E-state index contributed by atoms with van der Waals surface area (Å²) in [6.45, 7) is 1.39. The smallest absolute Gasteiger partial charge is 0.450 e. The Kier molecular flexibility index (Phi) is 4.97. The van der Waals surface area contributed by atoms with E-state index < -0.39 is 34.3 Å². The molecule has 0 aliphatic heterocycles. The molecule has 0 aliphatic rings. The van der Waals surface area contributed by atoms with Crippen LogP contribution < -0.4 is 10.2 Å². The molecule has 0 aliphatic carbocycles. The lowest BCUT2D eigenvalue weighted by Crippen LogP contribution is -2.18. The lowest BCUT2D eigenvalue weighted by atomic mass is 10.0. The molecule has 1 heterocycles. The summed E-state index contributed by atoms with van der Waals surface area (Å²) in [4.78, 5) is 24.3. The maximum absolute atomic E-state index is 13.5. The van der Waals surface area contributed by atoms with E-state index in [0.29, 0.717) is 0 Å². The summed E-state index contributed by atoms with van der Waals surface area (Å²) in [6.07, 6.45) is -4.89. The minimum absolute atomic E-state index is 0.0689. The summed E-state index contributed by atoms with van der Waals surface area (Å²) in [5, 5.41) is -1.01. The van der Waals surface area contributed by atoms with Gasteiger partial charge in [0.25, 0.3) is 0 Å². The van der Waals surface area contributed by atoms with Gasteiger partial charge in [0, 0.05) is 6.07 Å². The Hall–Kier alpha value is -2.80. The molecular weight excluding hydrogens is 385 g/mol. The molecule has 0 fully saturated rings. The van der Waals surface area contributed by atoms with Gasteiger partial charge in [0.05, 0.1) is 10.9 Å². The van der Waals surface area contributed by atoms with E-state index in [1.54, 1.807) is 6.07 Å². The van der Waals surface area contributed by atoms with Crippen LogP contribution in [0.1, 0.15) is 12.7 Å². The molecule has 0 bridgehead atoms. The first kappa shape index (κ1) is 19.0. The van der Waals surface area contributed by atoms with Crippen LogP contribution in [0.3, 0.4) is 0 Å². The summed E-state index contributed by atoms with van der Waals surface area (Å²) in [5.74, 6) is -2.28. The number of fused-ring (bicyclic) bond motifs is 1. The van der Waals surface area contributed by atoms with Crippen LogP contribution in [-0.4, -0.2) is 11.3 Å². The number of hydrogen-bond donors (Lipinski definition) is 0. The zero-order valence-electron chi connectivity index (χ0n) is 13.8. The molecule has 0 N–H and O–H groups in total. The highest BCUT2D eigenvalue weighted by atomic mass is 35.5. The number of carbonyl (C=O) groups excluding carboxylic acids is 1. The van der Waals surface area contributed by atoms with Gasteiger partial charge in [-0.25, -0.2) is 0 Å². The van der Waals surface area contributed by atoms with Gasteiger partial charge in [-0.15, -0.1) is 11.6 Å². The van der Waals surface area contributed by atoms with Crippen molar-refractivity contribution in [1.82, 2.24) is 0 Å². The Morgan fingerprint density at radius 3 is 2.41 bits per heavy atom. The van der Waals surface area contributed by atoms with Crippen LogP contribution >= 0.6 is 11.6 Å². The molecule has 8 heteroatoms. The van der Waals surface area contributed by atoms with Crippen LogP contribution in [-0.2, 0) is 11.0 Å². The monoisotopic (exact) mass is 396 g/mol. The van der Waals surface area contributed by atoms with E-state index in [-0.39, 0.29) is 22.3 Å². The predicted molar refractivity (Wildman–Crippen MR) is 93.9 cm³/mol. The Morgan fingerprint density at radius 2 is 1.81 bits per heavy atom. The lowest BCUT2D eigenvalue weighted by molar-refractivity contribution is -0.152. The minimum Gasteiger partial charge on any atom is -0.450 e. The molecule has 0 spiro atoms. The Bertz CT molecular complexity index is 1060. The quantitative estimate of drug-likeness (QED) is 0.355. The number of hydrogen-bond acceptors (Lipinski definition) is 4. The molecule has 0 radical (unpaired) electrons. The van der Waals surface area contributed by atoms with Gasteiger partial charge in [-0.1, -0.05) is 30.3 Å². The van der Waals surface area contributed by atoms with Crippen LogP contribution in [0.2, 0.25) is 0 Å². The largest absolute Gasteiger partial charge is 0.450 e. The van der Waals surface area contributed by atoms with Crippen molar-refractivity contribution >= 4 is 28.5 Å². The zero-order chi connectivity index (χ0) is 19.8. The van der Waals surface area contributed by atoms with Gasteiger partial charge in [-0.2, -0.15) is 13.2 Å². The van der Waals surface area contributed by atoms with E-state index >= 15 is 0 Å². The summed E-state index contributed by atoms with van der Waals surface area (Å²) < 4.78 is 50.5. The highest BCUT2D eigenvalue weighted by molar-refractivity contribution is 6.29. The summed E-state index contributed by atoms with van der Waals surface area (Å²) >= 11 is 5.60. The molecule has 27 heavy (non-hydrogen) atoms. The van der Waals surface area contributed by atoms with Crippen molar-refractivity contribution in [2.45, 2.75) is 18.5 Å². The third-order valence-corrected chi connectivity index (χ3v) is 3.91. The van der Waals surface area contributed by atoms with Gasteiger partial charge < -0.3 is 9.15 Å². The van der Waals surface area contributed by atoms with E-state index in [0.717, 1.165) is 6.07 Å². The van der Waals surface area contributed by atoms with Crippen molar-refractivity contribution in [1.29, 1.82) is 0 Å². The topological polar surface area (TPSA) is 56.5 Å². The van der Waals surface area contributed by atoms with Crippen LogP contribution in [0.15, 0.2) is 57.7 Å². The molecule has 3 aromatic rings. The van der Waals surface area contributed by atoms with Gasteiger partial charge in [0.2, 0.25) is 11.2 Å². The van der Waals surface area contributed by atoms with E-state index in [9.17, 15) is 22.8 Å². The van der Waals surface area contributed by atoms with Crippen molar-refractivity contribution in [3.05, 3.63) is 64.5 Å². The zero-order valence-corrected chi connectivity index (χ0v) is 14.6. The average molecular weight is 397 g/mol. The SMILES string of the molecule is CC(Cl)C(=O)Oc1ccc2c(=O)c(-c3ccccc3)c(C(F)(F)F)oc2c1. The van der Waals surface area contributed by atoms with Gasteiger partial charge in [-0.3, -0.25) is 9.59 Å². The molecule has 1 unspecified atom stereocenters. The summed E-state index contributed by atoms with van der Waals surface area (Å²) in [5.41, 5.74) is -1.67. The number of benzene rings is 2. The van der Waals surface area contributed by atoms with Gasteiger partial charge in [-0.05, 0) is 24.6 Å². The number of alkyl halides is 4. The molecule has 4 nitrogen and oxygen atoms in total. The molecule has 1 aromatic heterocycles. The first-order chi connectivity index (χ1) is 12.7. The molecule has 0 saturated carbocycles. The highest BCUT2D eigenvalue weighted by Crippen LogP contribution is 2.37. The maximum Gasteiger partial charge on any atom is 0.450 e. The van der Waals surface area contributed by atoms with E-state index in [1.165, 1.54) is 43.3 Å². The fraction of sp³-hybridized carbons (Fsp3) is 0.158. The number of halogens is 4. The lowest BCUT2D eigenvalue weighted by Gasteiger charge is -2.13. The van der Waals surface area contributed by atoms with E-state index in [4.69, 9.17) is 20.8 Å². The van der Waals surface area contributed by atoms with Crippen molar-refractivity contribution in [2.24, 2.45) is 0 Å². The van der Waals surface area contributed by atoms with Crippen molar-refractivity contribution in [3.63, 3.8) is 0 Å². The van der Waals surface area contributed by atoms with Gasteiger partial charge in [0.1, 0.15) is 16.7 Å². The molecule has 2 aromatic carbocycles. The number of esters is 1. The predicted octanol–water partition coefficient (Wildman–Crippen LogP) is 5.01. The minimum atomic E-state index is -4.89. The summed E-state index contributed by atoms with van der Waals surface area (Å²) in [6, 6.07) is 11.0. The molecule has 140 valence electrons. The molecule has 3 rings (SSSR count). The van der Waals surface area contributed by atoms with Crippen LogP contribution in [0.25, 0.3) is 22.1 Å². The van der Waals surface area contributed by atoms with Gasteiger partial charge >= 0.3 is 12.1 Å². The second kappa shape index (κ2) is 7.08. The fourth-order valence-electron chi connectivity index (χ4n) is 2.50. The molecule has 0 amide bonds. The Labute approximate surface area is 156 Å². The van der Waals surface area contributed by atoms with E-state index in [1.807, 2.05) is 0 Å². The van der Waals surface area contributed by atoms with Crippen LogP contribution in [0.4, 0.5) is 13.2 Å². The average Bonchev–Trinajstić information content (AvgIpc) is 2.61. The molecular formula is C19H12ClF3O4. The second-order valence-electron chi connectivity index (χ2n) is 5.69. The Balaban J connectivity index is 2.24. The number of carbonyl (C=O) groups is 1. The third-order valence-electron chi connectivity index (χ3n) is 3.73. The third kappa shape index (κ3) is 3.83. The standard InChI is InChI=1S/C19H12ClF3O4/c1-10(20)18(25)26-12-7-8-13-14(9-12)27-17(19(21,22)23)15(16(13)24)11-5-3-2-4-6-11/h2-10H,1H3. The van der Waals surface area contributed by atoms with Gasteiger partial charge in [0.15, 0.2) is 0 Å². The normalized spacial score (nSPS) is 12.8. The first-order valence-electron chi connectivity index (χ1n) is 7.77. The summed E-state index contributed by atoms with van der Waals surface area (Å²) in [7, 11) is 0. The maximum atomic E-state index is 13.5. The van der Waals surface area contributed by atoms with Crippen LogP contribution in [0, 0.1) is 0 Å². The van der Waals surface area contributed by atoms with Crippen LogP contribution in [0.5, 0.6) is 5.75 Å². The number of ether oxygens (including phenoxy) is 1. The fourth-order valence-corrected chi connectivity index (χ4v) is 2.55.